The van der Waals surface area contributed by atoms with E-state index in [-0.39, 0.29) is 23.8 Å². The first-order valence-electron chi connectivity index (χ1n) is 8.67. The zero-order valence-electron chi connectivity index (χ0n) is 14.5. The molecule has 6 nitrogen and oxygen atoms in total. The van der Waals surface area contributed by atoms with Gasteiger partial charge in [-0.3, -0.25) is 9.59 Å². The number of hydrogen-bond acceptors (Lipinski definition) is 4. The molecule has 0 radical (unpaired) electrons. The van der Waals surface area contributed by atoms with E-state index in [2.05, 4.69) is 10.3 Å². The van der Waals surface area contributed by atoms with E-state index in [1.807, 2.05) is 6.08 Å². The molecule has 0 spiro atoms. The third kappa shape index (κ3) is 3.48. The lowest BCUT2D eigenvalue weighted by molar-refractivity contribution is -0.131. The highest BCUT2D eigenvalue weighted by Gasteiger charge is 2.19. The molecule has 4 rings (SSSR count). The second-order valence-electron chi connectivity index (χ2n) is 6.40. The van der Waals surface area contributed by atoms with Gasteiger partial charge in [0.15, 0.2) is 0 Å². The second-order valence-corrected chi connectivity index (χ2v) is 6.40. The van der Waals surface area contributed by atoms with Gasteiger partial charge in [-0.15, -0.1) is 5.10 Å². The molecule has 1 amide bonds. The zero-order valence-corrected chi connectivity index (χ0v) is 14.5. The highest BCUT2D eigenvalue weighted by Crippen LogP contribution is 2.22. The van der Waals surface area contributed by atoms with Crippen molar-refractivity contribution in [3.05, 3.63) is 76.3 Å². The maximum Gasteiger partial charge on any atom is 0.278 e. The molecule has 0 aliphatic carbocycles. The molecule has 1 aliphatic rings. The highest BCUT2D eigenvalue weighted by molar-refractivity contribution is 5.79. The SMILES string of the molecule is O=C(Cn1nnc2ccccc2c1=O)N1CC=C(c2ccc(F)cc2)CC1. The van der Waals surface area contributed by atoms with Crippen LogP contribution in [0.3, 0.4) is 0 Å². The first-order chi connectivity index (χ1) is 13.1. The second kappa shape index (κ2) is 7.11. The summed E-state index contributed by atoms with van der Waals surface area (Å²) in [7, 11) is 0. The summed E-state index contributed by atoms with van der Waals surface area (Å²) in [6, 6.07) is 13.3. The van der Waals surface area contributed by atoms with Crippen molar-refractivity contribution in [2.45, 2.75) is 13.0 Å². The Bertz CT molecular complexity index is 1090. The third-order valence-electron chi connectivity index (χ3n) is 4.69. The van der Waals surface area contributed by atoms with Crippen LogP contribution in [0.1, 0.15) is 12.0 Å². The van der Waals surface area contributed by atoms with Crippen molar-refractivity contribution in [3.63, 3.8) is 0 Å². The van der Waals surface area contributed by atoms with Crippen molar-refractivity contribution in [2.75, 3.05) is 13.1 Å². The molecule has 27 heavy (non-hydrogen) atoms. The average molecular weight is 364 g/mol. The number of hydrogen-bond donors (Lipinski definition) is 0. The minimum atomic E-state index is -0.325. The molecule has 0 saturated heterocycles. The molecule has 0 atom stereocenters. The van der Waals surface area contributed by atoms with Crippen LogP contribution in [0.5, 0.6) is 0 Å². The van der Waals surface area contributed by atoms with Crippen LogP contribution in [0, 0.1) is 5.82 Å². The number of amides is 1. The Morgan fingerprint density at radius 3 is 2.63 bits per heavy atom. The van der Waals surface area contributed by atoms with E-state index >= 15 is 0 Å². The summed E-state index contributed by atoms with van der Waals surface area (Å²) in [4.78, 5) is 26.7. The number of halogens is 1. The van der Waals surface area contributed by atoms with Crippen molar-refractivity contribution < 1.29 is 9.18 Å². The van der Waals surface area contributed by atoms with Gasteiger partial charge < -0.3 is 4.90 Å². The van der Waals surface area contributed by atoms with Gasteiger partial charge in [-0.25, -0.2) is 9.07 Å². The number of fused-ring (bicyclic) bond motifs is 1. The molecule has 2 aromatic carbocycles. The summed E-state index contributed by atoms with van der Waals surface area (Å²) in [6.07, 6.45) is 2.64. The lowest BCUT2D eigenvalue weighted by Gasteiger charge is -2.26. The van der Waals surface area contributed by atoms with Crippen molar-refractivity contribution in [2.24, 2.45) is 0 Å². The number of benzene rings is 2. The maximum atomic E-state index is 13.0. The van der Waals surface area contributed by atoms with Gasteiger partial charge in [-0.2, -0.15) is 0 Å². The molecule has 2 heterocycles. The molecule has 136 valence electrons. The molecular weight excluding hydrogens is 347 g/mol. The van der Waals surface area contributed by atoms with E-state index in [4.69, 9.17) is 0 Å². The number of carbonyl (C=O) groups excluding carboxylic acids is 1. The topological polar surface area (TPSA) is 68.1 Å². The Morgan fingerprint density at radius 1 is 1.11 bits per heavy atom. The fourth-order valence-electron chi connectivity index (χ4n) is 3.18. The lowest BCUT2D eigenvalue weighted by Crippen LogP contribution is -2.39. The van der Waals surface area contributed by atoms with Crippen molar-refractivity contribution in [1.29, 1.82) is 0 Å². The summed E-state index contributed by atoms with van der Waals surface area (Å²) < 4.78 is 14.1. The smallest absolute Gasteiger partial charge is 0.278 e. The fourth-order valence-corrected chi connectivity index (χ4v) is 3.18. The summed E-state index contributed by atoms with van der Waals surface area (Å²) in [6.45, 7) is 0.843. The minimum absolute atomic E-state index is 0.142. The highest BCUT2D eigenvalue weighted by atomic mass is 19.1. The molecule has 0 unspecified atom stereocenters. The van der Waals surface area contributed by atoms with Gasteiger partial charge in [0.05, 0.1) is 5.39 Å². The fraction of sp³-hybridized carbons (Fsp3) is 0.200. The Balaban J connectivity index is 1.48. The third-order valence-corrected chi connectivity index (χ3v) is 4.69. The van der Waals surface area contributed by atoms with Crippen LogP contribution >= 0.6 is 0 Å². The molecule has 0 fully saturated rings. The Morgan fingerprint density at radius 2 is 1.89 bits per heavy atom. The van der Waals surface area contributed by atoms with Crippen molar-refractivity contribution >= 4 is 22.4 Å². The number of aromatic nitrogens is 3. The van der Waals surface area contributed by atoms with Gasteiger partial charge in [-0.1, -0.05) is 35.6 Å². The average Bonchev–Trinajstić information content (AvgIpc) is 2.71. The molecule has 0 saturated carbocycles. The van der Waals surface area contributed by atoms with Crippen molar-refractivity contribution in [3.8, 4) is 0 Å². The van der Waals surface area contributed by atoms with Gasteiger partial charge in [0.2, 0.25) is 5.91 Å². The number of rotatable bonds is 3. The number of carbonyl (C=O) groups is 1. The van der Waals surface area contributed by atoms with Crippen LogP contribution in [0.2, 0.25) is 0 Å². The van der Waals surface area contributed by atoms with E-state index in [0.29, 0.717) is 30.4 Å². The normalized spacial score (nSPS) is 14.3. The van der Waals surface area contributed by atoms with Crippen LogP contribution in [-0.4, -0.2) is 38.9 Å². The van der Waals surface area contributed by atoms with E-state index in [1.54, 1.807) is 41.3 Å². The van der Waals surface area contributed by atoms with Crippen LogP contribution in [-0.2, 0) is 11.3 Å². The lowest BCUT2D eigenvalue weighted by atomic mass is 9.99. The van der Waals surface area contributed by atoms with Crippen LogP contribution in [0.15, 0.2) is 59.4 Å². The summed E-state index contributed by atoms with van der Waals surface area (Å²) in [5.74, 6) is -0.454. The first-order valence-corrected chi connectivity index (χ1v) is 8.67. The van der Waals surface area contributed by atoms with Crippen LogP contribution < -0.4 is 5.56 Å². The standard InChI is InChI=1S/C20H17FN4O2/c21-16-7-5-14(6-8-16)15-9-11-24(12-10-15)19(26)13-25-20(27)17-3-1-2-4-18(17)22-23-25/h1-9H,10-13H2. The monoisotopic (exact) mass is 364 g/mol. The van der Waals surface area contributed by atoms with Gasteiger partial charge in [0, 0.05) is 13.1 Å². The van der Waals surface area contributed by atoms with Gasteiger partial charge in [-0.05, 0) is 41.8 Å². The molecule has 3 aromatic rings. The van der Waals surface area contributed by atoms with E-state index in [0.717, 1.165) is 15.8 Å². The molecular formula is C20H17FN4O2. The summed E-state index contributed by atoms with van der Waals surface area (Å²) in [5.41, 5.74) is 2.23. The Hall–Kier alpha value is -3.35. The molecule has 1 aliphatic heterocycles. The van der Waals surface area contributed by atoms with E-state index in [1.165, 1.54) is 12.1 Å². The maximum absolute atomic E-state index is 13.0. The van der Waals surface area contributed by atoms with E-state index in [9.17, 15) is 14.0 Å². The van der Waals surface area contributed by atoms with Crippen LogP contribution in [0.25, 0.3) is 16.5 Å². The Kier molecular flexibility index (Phi) is 4.50. The summed E-state index contributed by atoms with van der Waals surface area (Å²) >= 11 is 0. The van der Waals surface area contributed by atoms with Gasteiger partial charge in [0.1, 0.15) is 17.9 Å². The summed E-state index contributed by atoms with van der Waals surface area (Å²) in [5, 5.41) is 8.31. The quantitative estimate of drug-likeness (QED) is 0.715. The van der Waals surface area contributed by atoms with Gasteiger partial charge in [0.25, 0.3) is 5.56 Å². The Labute approximate surface area is 154 Å². The van der Waals surface area contributed by atoms with E-state index < -0.39 is 0 Å². The predicted molar refractivity (Wildman–Crippen MR) is 99.4 cm³/mol. The minimum Gasteiger partial charge on any atom is -0.337 e. The molecule has 0 N–H and O–H groups in total. The predicted octanol–water partition coefficient (Wildman–Crippen LogP) is 2.25. The number of nitrogens with zero attached hydrogens (tertiary/aromatic N) is 4. The molecule has 7 heteroatoms. The van der Waals surface area contributed by atoms with Crippen LogP contribution in [0.4, 0.5) is 4.39 Å². The first kappa shape index (κ1) is 17.1. The zero-order chi connectivity index (χ0) is 18.8. The van der Waals surface area contributed by atoms with Crippen molar-refractivity contribution in [1.82, 2.24) is 19.9 Å². The molecule has 0 bridgehead atoms. The van der Waals surface area contributed by atoms with Gasteiger partial charge >= 0.3 is 0 Å². The molecule has 1 aromatic heterocycles. The largest absolute Gasteiger partial charge is 0.337 e.